The minimum atomic E-state index is -1.02. The summed E-state index contributed by atoms with van der Waals surface area (Å²) in [5, 5.41) is 19.7. The molecule has 0 unspecified atom stereocenters. The quantitative estimate of drug-likeness (QED) is 0.344. The van der Waals surface area contributed by atoms with E-state index >= 15 is 0 Å². The Morgan fingerprint density at radius 2 is 1.94 bits per heavy atom. The number of ether oxygens (including phenoxy) is 1. The molecule has 0 amide bonds. The van der Waals surface area contributed by atoms with Crippen molar-refractivity contribution in [1.29, 1.82) is 0 Å². The number of aliphatic hydroxyl groups is 1. The van der Waals surface area contributed by atoms with Crippen molar-refractivity contribution in [2.45, 2.75) is 58.0 Å². The normalized spacial score (nSPS) is 11.9. The smallest absolute Gasteiger partial charge is 0.550 e. The zero-order valence-electron chi connectivity index (χ0n) is 11.1. The average Bonchev–Trinajstić information content (AvgIpc) is 2.24. The molecule has 0 aromatic heterocycles. The Balaban J connectivity index is 0. The Kier molecular flexibility index (Phi) is 18.1. The van der Waals surface area contributed by atoms with Crippen LogP contribution in [0.2, 0.25) is 0 Å². The predicted octanol–water partition coefficient (Wildman–Crippen LogP) is -2.13. The van der Waals surface area contributed by atoms with Gasteiger partial charge in [0.15, 0.2) is 0 Å². The summed E-state index contributed by atoms with van der Waals surface area (Å²) in [4.78, 5) is 10.1. The van der Waals surface area contributed by atoms with Gasteiger partial charge in [0.2, 0.25) is 0 Å². The van der Waals surface area contributed by atoms with Crippen LogP contribution in [0.15, 0.2) is 0 Å². The van der Waals surface area contributed by atoms with Gasteiger partial charge in [0.1, 0.15) is 0 Å². The molecule has 4 nitrogen and oxygen atoms in total. The van der Waals surface area contributed by atoms with Gasteiger partial charge < -0.3 is 19.7 Å². The Morgan fingerprint density at radius 1 is 1.24 bits per heavy atom. The van der Waals surface area contributed by atoms with Crippen molar-refractivity contribution in [3.05, 3.63) is 0 Å². The van der Waals surface area contributed by atoms with Crippen LogP contribution in [0.1, 0.15) is 51.9 Å². The van der Waals surface area contributed by atoms with Gasteiger partial charge in [-0.3, -0.25) is 0 Å². The van der Waals surface area contributed by atoms with E-state index in [0.29, 0.717) is 25.9 Å². The summed E-state index contributed by atoms with van der Waals surface area (Å²) < 4.78 is 5.33. The summed E-state index contributed by atoms with van der Waals surface area (Å²) in [6, 6.07) is 0. The van der Waals surface area contributed by atoms with Gasteiger partial charge in [-0.25, -0.2) is 0 Å². The number of hydrogen-bond donors (Lipinski definition) is 1. The van der Waals surface area contributed by atoms with Crippen LogP contribution in [-0.4, -0.2) is 30.4 Å². The third-order valence-corrected chi connectivity index (χ3v) is 2.41. The van der Waals surface area contributed by atoms with Gasteiger partial charge in [0.25, 0.3) is 0 Å². The van der Waals surface area contributed by atoms with E-state index in [4.69, 9.17) is 4.74 Å². The van der Waals surface area contributed by atoms with Gasteiger partial charge in [-0.05, 0) is 32.1 Å². The van der Waals surface area contributed by atoms with E-state index in [0.717, 1.165) is 25.9 Å². The monoisotopic (exact) mass is 270 g/mol. The van der Waals surface area contributed by atoms with Crippen molar-refractivity contribution in [2.24, 2.45) is 0 Å². The molecule has 0 rings (SSSR count). The molecule has 0 aliphatic rings. The molecule has 0 saturated carbocycles. The maximum absolute atomic E-state index is 10.1. The molecule has 0 spiro atoms. The van der Waals surface area contributed by atoms with Crippen LogP contribution < -0.4 is 56.5 Å². The second-order valence-corrected chi connectivity index (χ2v) is 4.03. The van der Waals surface area contributed by atoms with E-state index in [1.54, 1.807) is 0 Å². The standard InChI is InChI=1S/C12H24O4.K/c1-2-3-9-16-10-8-11(13)6-4-5-7-12(14)15;/h11,13H,2-10H2,1H3,(H,14,15);/q;+1/p-1/t11-;/m0./s1. The van der Waals surface area contributed by atoms with Gasteiger partial charge in [0, 0.05) is 19.2 Å². The molecule has 0 aromatic carbocycles. The maximum Gasteiger partial charge on any atom is 1.00 e. The zero-order valence-corrected chi connectivity index (χ0v) is 14.2. The molecule has 0 aromatic rings. The average molecular weight is 270 g/mol. The summed E-state index contributed by atoms with van der Waals surface area (Å²) in [5.74, 6) is -1.02. The van der Waals surface area contributed by atoms with E-state index < -0.39 is 5.97 Å². The van der Waals surface area contributed by atoms with Crippen LogP contribution >= 0.6 is 0 Å². The largest absolute Gasteiger partial charge is 1.00 e. The van der Waals surface area contributed by atoms with E-state index in [2.05, 4.69) is 6.92 Å². The van der Waals surface area contributed by atoms with Crippen molar-refractivity contribution < 1.29 is 71.1 Å². The molecule has 17 heavy (non-hydrogen) atoms. The molecule has 5 heteroatoms. The Labute approximate surface area is 147 Å². The minimum absolute atomic E-state index is 0. The van der Waals surface area contributed by atoms with Crippen LogP contribution in [0, 0.1) is 0 Å². The first-order valence-corrected chi connectivity index (χ1v) is 6.12. The number of aliphatic carboxylic acids is 1. The van der Waals surface area contributed by atoms with Gasteiger partial charge >= 0.3 is 51.4 Å². The third kappa shape index (κ3) is 17.0. The summed E-state index contributed by atoms with van der Waals surface area (Å²) in [6.07, 6.45) is 4.47. The SMILES string of the molecule is CCCCOCC[C@@H](O)CCCCC(=O)[O-].[K+]. The van der Waals surface area contributed by atoms with Crippen molar-refractivity contribution in [2.75, 3.05) is 13.2 Å². The molecule has 0 aliphatic carbocycles. The molecule has 0 heterocycles. The number of rotatable bonds is 11. The van der Waals surface area contributed by atoms with Crippen LogP contribution in [0.3, 0.4) is 0 Å². The fourth-order valence-electron chi connectivity index (χ4n) is 1.36. The third-order valence-electron chi connectivity index (χ3n) is 2.41. The fourth-order valence-corrected chi connectivity index (χ4v) is 1.36. The second-order valence-electron chi connectivity index (χ2n) is 4.03. The van der Waals surface area contributed by atoms with Gasteiger partial charge in [-0.1, -0.05) is 19.8 Å². The molecule has 0 radical (unpaired) electrons. The van der Waals surface area contributed by atoms with Gasteiger partial charge in [0.05, 0.1) is 6.10 Å². The van der Waals surface area contributed by atoms with Crippen molar-refractivity contribution in [1.82, 2.24) is 0 Å². The van der Waals surface area contributed by atoms with Crippen LogP contribution in [-0.2, 0) is 9.53 Å². The molecule has 1 N–H and O–H groups in total. The molecule has 96 valence electrons. The molecular formula is C12H23KO4. The predicted molar refractivity (Wildman–Crippen MR) is 59.8 cm³/mol. The minimum Gasteiger partial charge on any atom is -0.550 e. The number of aliphatic hydroxyl groups excluding tert-OH is 1. The Bertz CT molecular complexity index is 176. The van der Waals surface area contributed by atoms with Crippen molar-refractivity contribution in [3.8, 4) is 0 Å². The van der Waals surface area contributed by atoms with Gasteiger partial charge in [-0.2, -0.15) is 0 Å². The zero-order chi connectivity index (χ0) is 12.2. The number of unbranched alkanes of at least 4 members (excludes halogenated alkanes) is 2. The van der Waals surface area contributed by atoms with Crippen LogP contribution in [0.4, 0.5) is 0 Å². The second kappa shape index (κ2) is 15.1. The molecule has 1 atom stereocenters. The summed E-state index contributed by atoms with van der Waals surface area (Å²) >= 11 is 0. The maximum atomic E-state index is 10.1. The molecule has 0 bridgehead atoms. The number of carbonyl (C=O) groups excluding carboxylic acids is 1. The van der Waals surface area contributed by atoms with Crippen molar-refractivity contribution in [3.63, 3.8) is 0 Å². The summed E-state index contributed by atoms with van der Waals surface area (Å²) in [5.41, 5.74) is 0. The first kappa shape index (κ1) is 20.3. The van der Waals surface area contributed by atoms with E-state index in [-0.39, 0.29) is 63.9 Å². The molecule has 0 aliphatic heterocycles. The summed E-state index contributed by atoms with van der Waals surface area (Å²) in [6.45, 7) is 3.45. The Morgan fingerprint density at radius 3 is 2.53 bits per heavy atom. The fraction of sp³-hybridized carbons (Fsp3) is 0.917. The van der Waals surface area contributed by atoms with Crippen LogP contribution in [0.5, 0.6) is 0 Å². The number of carboxylic acid groups (broad SMARTS) is 1. The number of carbonyl (C=O) groups is 1. The van der Waals surface area contributed by atoms with Gasteiger partial charge in [-0.15, -0.1) is 0 Å². The van der Waals surface area contributed by atoms with Crippen molar-refractivity contribution >= 4 is 5.97 Å². The molecule has 0 fully saturated rings. The van der Waals surface area contributed by atoms with E-state index in [9.17, 15) is 15.0 Å². The molecule has 0 saturated heterocycles. The first-order valence-electron chi connectivity index (χ1n) is 6.12. The topological polar surface area (TPSA) is 69.6 Å². The first-order chi connectivity index (χ1) is 7.66. The van der Waals surface area contributed by atoms with E-state index in [1.165, 1.54) is 0 Å². The summed E-state index contributed by atoms with van der Waals surface area (Å²) in [7, 11) is 0. The van der Waals surface area contributed by atoms with E-state index in [1.807, 2.05) is 0 Å². The number of hydrogen-bond acceptors (Lipinski definition) is 4. The molecular weight excluding hydrogens is 247 g/mol. The van der Waals surface area contributed by atoms with Crippen LogP contribution in [0.25, 0.3) is 0 Å². The number of carboxylic acids is 1. The Hall–Kier alpha value is 1.03.